The van der Waals surface area contributed by atoms with Crippen LogP contribution < -0.4 is 15.4 Å². The molecule has 2 aromatic rings. The molecule has 3 rings (SSSR count). The fourth-order valence-electron chi connectivity index (χ4n) is 2.82. The molecule has 1 aliphatic rings. The number of anilines is 1. The molecular formula is C19H19Cl2N3O4S2. The van der Waals surface area contributed by atoms with Gasteiger partial charge >= 0.3 is 0 Å². The second-order valence-electron chi connectivity index (χ2n) is 6.54. The molecule has 1 aliphatic heterocycles. The first kappa shape index (κ1) is 22.9. The molecule has 0 spiro atoms. The normalized spacial score (nSPS) is 16.3. The van der Waals surface area contributed by atoms with E-state index < -0.39 is 15.9 Å². The molecule has 7 nitrogen and oxygen atoms in total. The first-order chi connectivity index (χ1) is 14.2. The van der Waals surface area contributed by atoms with E-state index in [9.17, 15) is 13.2 Å². The Hall–Kier alpha value is -1.75. The van der Waals surface area contributed by atoms with Crippen molar-refractivity contribution in [2.45, 2.75) is 23.8 Å². The summed E-state index contributed by atoms with van der Waals surface area (Å²) in [6.45, 7) is 0.902. The van der Waals surface area contributed by atoms with Gasteiger partial charge in [0.25, 0.3) is 5.91 Å². The van der Waals surface area contributed by atoms with Crippen molar-refractivity contribution in [1.29, 1.82) is 0 Å². The molecule has 0 radical (unpaired) electrons. The molecule has 1 fully saturated rings. The topological polar surface area (TPSA) is 96.5 Å². The molecule has 160 valence electrons. The van der Waals surface area contributed by atoms with Crippen LogP contribution in [-0.4, -0.2) is 38.7 Å². The van der Waals surface area contributed by atoms with E-state index in [1.54, 1.807) is 18.2 Å². The number of nitrogens with one attached hydrogen (secondary N) is 3. The van der Waals surface area contributed by atoms with Crippen LogP contribution >= 0.6 is 35.4 Å². The van der Waals surface area contributed by atoms with E-state index in [-0.39, 0.29) is 33.2 Å². The number of sulfonamides is 1. The lowest BCUT2D eigenvalue weighted by molar-refractivity contribution is 0.0978. The van der Waals surface area contributed by atoms with Gasteiger partial charge in [-0.2, -0.15) is 0 Å². The summed E-state index contributed by atoms with van der Waals surface area (Å²) in [6, 6.07) is 10.5. The Bertz CT molecular complexity index is 1040. The lowest BCUT2D eigenvalue weighted by Gasteiger charge is -2.13. The Kier molecular flexibility index (Phi) is 7.67. The first-order valence-electron chi connectivity index (χ1n) is 9.03. The van der Waals surface area contributed by atoms with E-state index in [4.69, 9.17) is 40.2 Å². The summed E-state index contributed by atoms with van der Waals surface area (Å²) in [5, 5.41) is 5.99. The van der Waals surface area contributed by atoms with Crippen LogP contribution in [0.5, 0.6) is 0 Å². The molecule has 1 heterocycles. The summed E-state index contributed by atoms with van der Waals surface area (Å²) in [6.07, 6.45) is 1.69. The van der Waals surface area contributed by atoms with E-state index in [0.717, 1.165) is 12.8 Å². The maximum Gasteiger partial charge on any atom is 0.258 e. The number of rotatable bonds is 6. The first-order valence-corrected chi connectivity index (χ1v) is 11.7. The number of carbonyl (C=O) groups is 1. The predicted octanol–water partition coefficient (Wildman–Crippen LogP) is 3.58. The molecule has 30 heavy (non-hydrogen) atoms. The number of thiocarbonyl (C=S) groups is 1. The van der Waals surface area contributed by atoms with Crippen LogP contribution in [0.25, 0.3) is 0 Å². The highest BCUT2D eigenvalue weighted by molar-refractivity contribution is 7.89. The van der Waals surface area contributed by atoms with Crippen molar-refractivity contribution in [3.8, 4) is 0 Å². The third kappa shape index (κ3) is 6.13. The van der Waals surface area contributed by atoms with Crippen LogP contribution in [0, 0.1) is 0 Å². The Morgan fingerprint density at radius 3 is 2.53 bits per heavy atom. The molecule has 1 atom stereocenters. The van der Waals surface area contributed by atoms with E-state index >= 15 is 0 Å². The quantitative estimate of drug-likeness (QED) is 0.538. The number of benzene rings is 2. The minimum Gasteiger partial charge on any atom is -0.377 e. The van der Waals surface area contributed by atoms with Crippen molar-refractivity contribution in [3.05, 3.63) is 58.1 Å². The zero-order chi connectivity index (χ0) is 21.7. The fourth-order valence-corrected chi connectivity index (χ4v) is 4.59. The van der Waals surface area contributed by atoms with E-state index in [1.807, 2.05) is 0 Å². The molecule has 0 saturated carbocycles. The van der Waals surface area contributed by atoms with Gasteiger partial charge in [0.15, 0.2) is 5.11 Å². The number of hydrogen-bond donors (Lipinski definition) is 3. The van der Waals surface area contributed by atoms with Gasteiger partial charge in [0.2, 0.25) is 10.0 Å². The molecule has 2 aromatic carbocycles. The smallest absolute Gasteiger partial charge is 0.258 e. The molecule has 1 unspecified atom stereocenters. The highest BCUT2D eigenvalue weighted by Gasteiger charge is 2.20. The molecule has 1 amide bonds. The molecule has 0 aliphatic carbocycles. The third-order valence-corrected chi connectivity index (χ3v) is 6.54. The van der Waals surface area contributed by atoms with Crippen LogP contribution in [0.3, 0.4) is 0 Å². The molecule has 3 N–H and O–H groups in total. The molecule has 0 bridgehead atoms. The van der Waals surface area contributed by atoms with Crippen molar-refractivity contribution in [2.24, 2.45) is 0 Å². The average Bonchev–Trinajstić information content (AvgIpc) is 3.20. The summed E-state index contributed by atoms with van der Waals surface area (Å²) in [4.78, 5) is 12.4. The minimum absolute atomic E-state index is 0.0399. The van der Waals surface area contributed by atoms with Gasteiger partial charge < -0.3 is 10.1 Å². The highest BCUT2D eigenvalue weighted by Crippen LogP contribution is 2.21. The largest absolute Gasteiger partial charge is 0.377 e. The Balaban J connectivity index is 1.56. The van der Waals surface area contributed by atoms with Crippen LogP contribution in [0.1, 0.15) is 23.2 Å². The van der Waals surface area contributed by atoms with Crippen LogP contribution in [0.15, 0.2) is 47.4 Å². The van der Waals surface area contributed by atoms with Gasteiger partial charge in [-0.25, -0.2) is 13.1 Å². The maximum atomic E-state index is 12.4. The summed E-state index contributed by atoms with van der Waals surface area (Å²) >= 11 is 17.0. The minimum atomic E-state index is -3.64. The number of halogens is 2. The fraction of sp³-hybridized carbons (Fsp3) is 0.263. The highest BCUT2D eigenvalue weighted by atomic mass is 35.5. The van der Waals surface area contributed by atoms with Crippen molar-refractivity contribution in [2.75, 3.05) is 18.5 Å². The van der Waals surface area contributed by atoms with Gasteiger partial charge in [-0.3, -0.25) is 10.1 Å². The van der Waals surface area contributed by atoms with Crippen LogP contribution in [0.2, 0.25) is 10.0 Å². The zero-order valence-electron chi connectivity index (χ0n) is 15.7. The summed E-state index contributed by atoms with van der Waals surface area (Å²) in [5.41, 5.74) is 0.740. The average molecular weight is 488 g/mol. The van der Waals surface area contributed by atoms with Crippen molar-refractivity contribution in [3.63, 3.8) is 0 Å². The predicted molar refractivity (Wildman–Crippen MR) is 121 cm³/mol. The monoisotopic (exact) mass is 487 g/mol. The number of amides is 1. The molecule has 1 saturated heterocycles. The number of ether oxygens (including phenoxy) is 1. The number of hydrogen-bond acceptors (Lipinski definition) is 5. The molecule has 0 aromatic heterocycles. The van der Waals surface area contributed by atoms with Gasteiger partial charge in [-0.15, -0.1) is 0 Å². The van der Waals surface area contributed by atoms with Gasteiger partial charge in [-0.05, 0) is 67.5 Å². The van der Waals surface area contributed by atoms with E-state index in [2.05, 4.69) is 15.4 Å². The second-order valence-corrected chi connectivity index (χ2v) is 9.56. The molecule has 11 heteroatoms. The van der Waals surface area contributed by atoms with E-state index in [1.165, 1.54) is 24.3 Å². The van der Waals surface area contributed by atoms with Gasteiger partial charge in [0.05, 0.1) is 21.6 Å². The van der Waals surface area contributed by atoms with Crippen LogP contribution in [-0.2, 0) is 14.8 Å². The summed E-state index contributed by atoms with van der Waals surface area (Å²) in [5.74, 6) is -0.494. The second kappa shape index (κ2) is 10.0. The third-order valence-electron chi connectivity index (χ3n) is 4.35. The summed E-state index contributed by atoms with van der Waals surface area (Å²) < 4.78 is 32.8. The SMILES string of the molecule is O=C(NC(=S)Nc1ccc(S(=O)(=O)NCC2CCCO2)cc1)c1ccc(Cl)cc1Cl. The van der Waals surface area contributed by atoms with Gasteiger partial charge in [0, 0.05) is 23.9 Å². The summed E-state index contributed by atoms with van der Waals surface area (Å²) in [7, 11) is -3.64. The van der Waals surface area contributed by atoms with Crippen LogP contribution in [0.4, 0.5) is 5.69 Å². The Morgan fingerprint density at radius 1 is 1.17 bits per heavy atom. The Labute approximate surface area is 190 Å². The Morgan fingerprint density at radius 2 is 1.90 bits per heavy atom. The van der Waals surface area contributed by atoms with Crippen molar-refractivity contribution < 1.29 is 17.9 Å². The standard InChI is InChI=1S/C19H19Cl2N3O4S2/c20-12-3-8-16(17(21)10-12)18(25)24-19(29)23-13-4-6-15(7-5-13)30(26,27)22-11-14-2-1-9-28-14/h3-8,10,14,22H,1-2,9,11H2,(H2,23,24,25,29). The van der Waals surface area contributed by atoms with Gasteiger partial charge in [-0.1, -0.05) is 23.2 Å². The maximum absolute atomic E-state index is 12.4. The van der Waals surface area contributed by atoms with Crippen molar-refractivity contribution in [1.82, 2.24) is 10.0 Å². The molecular weight excluding hydrogens is 469 g/mol. The van der Waals surface area contributed by atoms with E-state index in [0.29, 0.717) is 17.3 Å². The van der Waals surface area contributed by atoms with Gasteiger partial charge in [0.1, 0.15) is 0 Å². The lowest BCUT2D eigenvalue weighted by atomic mass is 10.2. The number of carbonyl (C=O) groups excluding carboxylic acids is 1. The van der Waals surface area contributed by atoms with Crippen molar-refractivity contribution >= 4 is 62.2 Å². The zero-order valence-corrected chi connectivity index (χ0v) is 18.8. The lowest BCUT2D eigenvalue weighted by Crippen LogP contribution is -2.34.